The van der Waals surface area contributed by atoms with E-state index in [1.54, 1.807) is 7.11 Å². The molecular formula is C13H19ClN2O4S. The van der Waals surface area contributed by atoms with Crippen molar-refractivity contribution in [1.82, 2.24) is 5.32 Å². The molecule has 8 heteroatoms. The number of amides is 1. The van der Waals surface area contributed by atoms with Crippen LogP contribution in [0.4, 0.5) is 0 Å². The fourth-order valence-electron chi connectivity index (χ4n) is 1.76. The van der Waals surface area contributed by atoms with Gasteiger partial charge < -0.3 is 10.1 Å². The number of ether oxygens (including phenoxy) is 1. The number of unbranched alkanes of at least 4 members (excludes halogenated alkanes) is 1. The molecule has 0 heterocycles. The highest BCUT2D eigenvalue weighted by Gasteiger charge is 2.18. The predicted octanol–water partition coefficient (Wildman–Crippen LogP) is 1.45. The summed E-state index contributed by atoms with van der Waals surface area (Å²) >= 11 is 5.96. The van der Waals surface area contributed by atoms with Gasteiger partial charge in [-0.1, -0.05) is 11.6 Å². The maximum Gasteiger partial charge on any atom is 0.251 e. The van der Waals surface area contributed by atoms with E-state index >= 15 is 0 Å². The molecule has 6 nitrogen and oxygen atoms in total. The summed E-state index contributed by atoms with van der Waals surface area (Å²) < 4.78 is 27.9. The van der Waals surface area contributed by atoms with Gasteiger partial charge in [0.05, 0.1) is 4.90 Å². The number of halogens is 1. The monoisotopic (exact) mass is 334 g/mol. The number of hydrogen-bond acceptors (Lipinski definition) is 4. The number of nitrogens with two attached hydrogens (primary N) is 1. The van der Waals surface area contributed by atoms with E-state index in [1.165, 1.54) is 19.1 Å². The average molecular weight is 335 g/mol. The normalized spacial score (nSPS) is 11.4. The highest BCUT2D eigenvalue weighted by Crippen LogP contribution is 2.24. The van der Waals surface area contributed by atoms with E-state index in [0.717, 1.165) is 12.8 Å². The zero-order valence-corrected chi connectivity index (χ0v) is 13.6. The molecule has 0 aliphatic rings. The highest BCUT2D eigenvalue weighted by molar-refractivity contribution is 7.89. The number of rotatable bonds is 7. The minimum Gasteiger partial charge on any atom is -0.385 e. The number of hydrogen-bond donors (Lipinski definition) is 2. The first kappa shape index (κ1) is 17.9. The molecule has 1 aromatic rings. The summed E-state index contributed by atoms with van der Waals surface area (Å²) in [5.41, 5.74) is 0.497. The van der Waals surface area contributed by atoms with E-state index < -0.39 is 10.0 Å². The van der Waals surface area contributed by atoms with Crippen molar-refractivity contribution in [3.05, 3.63) is 28.3 Å². The minimum absolute atomic E-state index is 0.139. The molecule has 0 saturated carbocycles. The van der Waals surface area contributed by atoms with Crippen LogP contribution in [0.3, 0.4) is 0 Å². The first-order valence-corrected chi connectivity index (χ1v) is 8.30. The molecule has 0 unspecified atom stereocenters. The topological polar surface area (TPSA) is 98.5 Å². The van der Waals surface area contributed by atoms with Gasteiger partial charge in [0, 0.05) is 30.8 Å². The Balaban J connectivity index is 2.84. The third-order valence-electron chi connectivity index (χ3n) is 2.93. The Morgan fingerprint density at radius 1 is 1.38 bits per heavy atom. The lowest BCUT2D eigenvalue weighted by atomic mass is 10.1. The van der Waals surface area contributed by atoms with Crippen LogP contribution >= 0.6 is 11.6 Å². The van der Waals surface area contributed by atoms with Crippen molar-refractivity contribution in [2.24, 2.45) is 5.14 Å². The van der Waals surface area contributed by atoms with Crippen molar-refractivity contribution in [1.29, 1.82) is 0 Å². The summed E-state index contributed by atoms with van der Waals surface area (Å²) in [6, 6.07) is 2.66. The second-order valence-electron chi connectivity index (χ2n) is 4.58. The van der Waals surface area contributed by atoms with Gasteiger partial charge in [0.15, 0.2) is 0 Å². The highest BCUT2D eigenvalue weighted by atomic mass is 35.5. The average Bonchev–Trinajstić information content (AvgIpc) is 2.39. The Kier molecular flexibility index (Phi) is 6.60. The van der Waals surface area contributed by atoms with Gasteiger partial charge in [0.1, 0.15) is 0 Å². The summed E-state index contributed by atoms with van der Waals surface area (Å²) in [5, 5.41) is 8.00. The number of carbonyl (C=O) groups excluding carboxylic acids is 1. The van der Waals surface area contributed by atoms with Gasteiger partial charge in [-0.15, -0.1) is 0 Å². The van der Waals surface area contributed by atoms with Gasteiger partial charge in [-0.05, 0) is 37.5 Å². The molecule has 0 fully saturated rings. The lowest BCUT2D eigenvalue weighted by Crippen LogP contribution is -2.25. The second-order valence-corrected chi connectivity index (χ2v) is 6.52. The van der Waals surface area contributed by atoms with Crippen molar-refractivity contribution < 1.29 is 17.9 Å². The van der Waals surface area contributed by atoms with Gasteiger partial charge >= 0.3 is 0 Å². The quantitative estimate of drug-likeness (QED) is 0.737. The number of benzene rings is 1. The zero-order valence-electron chi connectivity index (χ0n) is 12.0. The molecule has 0 bridgehead atoms. The number of carbonyl (C=O) groups is 1. The van der Waals surface area contributed by atoms with Crippen LogP contribution in [0.1, 0.15) is 28.8 Å². The fourth-order valence-corrected chi connectivity index (χ4v) is 2.86. The smallest absolute Gasteiger partial charge is 0.251 e. The van der Waals surface area contributed by atoms with Crippen molar-refractivity contribution in [3.8, 4) is 0 Å². The molecule has 0 aliphatic carbocycles. The Labute approximate surface area is 129 Å². The van der Waals surface area contributed by atoms with E-state index in [4.69, 9.17) is 21.5 Å². The van der Waals surface area contributed by atoms with E-state index in [9.17, 15) is 13.2 Å². The molecule has 0 aromatic heterocycles. The van der Waals surface area contributed by atoms with Crippen LogP contribution in [0, 0.1) is 6.92 Å². The first-order chi connectivity index (χ1) is 9.77. The SMILES string of the molecule is COCCCCNC(=O)c1cc(Cl)c(C)c(S(N)(=O)=O)c1. The second kappa shape index (κ2) is 7.74. The van der Waals surface area contributed by atoms with Crippen molar-refractivity contribution in [2.75, 3.05) is 20.3 Å². The van der Waals surface area contributed by atoms with Gasteiger partial charge in [-0.25, -0.2) is 13.6 Å². The van der Waals surface area contributed by atoms with Crippen LogP contribution in [0.2, 0.25) is 5.02 Å². The molecule has 118 valence electrons. The van der Waals surface area contributed by atoms with Crippen molar-refractivity contribution >= 4 is 27.5 Å². The molecule has 0 atom stereocenters. The Morgan fingerprint density at radius 2 is 2.05 bits per heavy atom. The number of methoxy groups -OCH3 is 1. The van der Waals surface area contributed by atoms with Crippen LogP contribution in [0.25, 0.3) is 0 Å². The zero-order chi connectivity index (χ0) is 16.0. The fraction of sp³-hybridized carbons (Fsp3) is 0.462. The lowest BCUT2D eigenvalue weighted by Gasteiger charge is -2.10. The summed E-state index contributed by atoms with van der Waals surface area (Å²) in [4.78, 5) is 11.8. The minimum atomic E-state index is -3.93. The van der Waals surface area contributed by atoms with Gasteiger partial charge in [-0.3, -0.25) is 4.79 Å². The van der Waals surface area contributed by atoms with Crippen LogP contribution in [0.5, 0.6) is 0 Å². The number of sulfonamides is 1. The summed E-state index contributed by atoms with van der Waals surface area (Å²) in [6.45, 7) is 2.63. The summed E-state index contributed by atoms with van der Waals surface area (Å²) in [7, 11) is -2.31. The third-order valence-corrected chi connectivity index (χ3v) is 4.36. The predicted molar refractivity (Wildman–Crippen MR) is 81.0 cm³/mol. The molecule has 3 N–H and O–H groups in total. The van der Waals surface area contributed by atoms with Gasteiger partial charge in [0.2, 0.25) is 10.0 Å². The molecule has 0 radical (unpaired) electrons. The maximum absolute atomic E-state index is 12.0. The van der Waals surface area contributed by atoms with Crippen LogP contribution < -0.4 is 10.5 Å². The molecule has 0 aliphatic heterocycles. The van der Waals surface area contributed by atoms with Crippen molar-refractivity contribution in [2.45, 2.75) is 24.7 Å². The third kappa shape index (κ3) is 5.28. The number of primary sulfonamides is 1. The Hall–Kier alpha value is -1.15. The van der Waals surface area contributed by atoms with Crippen LogP contribution in [0.15, 0.2) is 17.0 Å². The van der Waals surface area contributed by atoms with Crippen LogP contribution in [-0.2, 0) is 14.8 Å². The molecule has 0 saturated heterocycles. The number of nitrogens with one attached hydrogen (secondary N) is 1. The van der Waals surface area contributed by atoms with Crippen molar-refractivity contribution in [3.63, 3.8) is 0 Å². The Bertz CT molecular complexity index is 617. The van der Waals surface area contributed by atoms with Gasteiger partial charge in [0.25, 0.3) is 5.91 Å². The standard InChI is InChI=1S/C13H19ClN2O4S/c1-9-11(14)7-10(8-12(9)21(15,18)19)13(17)16-5-3-4-6-20-2/h7-8H,3-6H2,1-2H3,(H,16,17)(H2,15,18,19). The Morgan fingerprint density at radius 3 is 2.62 bits per heavy atom. The lowest BCUT2D eigenvalue weighted by molar-refractivity contribution is 0.0951. The molecule has 0 spiro atoms. The molecule has 1 amide bonds. The molecule has 21 heavy (non-hydrogen) atoms. The summed E-state index contributed by atoms with van der Waals surface area (Å²) in [6.07, 6.45) is 1.59. The summed E-state index contributed by atoms with van der Waals surface area (Å²) in [5.74, 6) is -0.390. The molecule has 1 rings (SSSR count). The van der Waals surface area contributed by atoms with E-state index in [-0.39, 0.29) is 21.4 Å². The van der Waals surface area contributed by atoms with E-state index in [2.05, 4.69) is 5.32 Å². The molecule has 1 aromatic carbocycles. The van der Waals surface area contributed by atoms with E-state index in [1.807, 2.05) is 0 Å². The largest absolute Gasteiger partial charge is 0.385 e. The molecular weight excluding hydrogens is 316 g/mol. The van der Waals surface area contributed by atoms with Crippen LogP contribution in [-0.4, -0.2) is 34.6 Å². The first-order valence-electron chi connectivity index (χ1n) is 6.37. The van der Waals surface area contributed by atoms with Gasteiger partial charge in [-0.2, -0.15) is 0 Å². The maximum atomic E-state index is 12.0. The van der Waals surface area contributed by atoms with E-state index in [0.29, 0.717) is 18.7 Å².